The summed E-state index contributed by atoms with van der Waals surface area (Å²) in [7, 11) is 4.05. The predicted molar refractivity (Wildman–Crippen MR) is 75.0 cm³/mol. The van der Waals surface area contributed by atoms with E-state index in [1.807, 2.05) is 20.2 Å². The maximum atomic E-state index is 6.21. The molecule has 3 heteroatoms. The average molecular weight is 253 g/mol. The smallest absolute Gasteiger partial charge is 0.0639 e. The third-order valence-electron chi connectivity index (χ3n) is 3.99. The van der Waals surface area contributed by atoms with Crippen molar-refractivity contribution in [2.45, 2.75) is 31.1 Å². The lowest BCUT2D eigenvalue weighted by molar-refractivity contribution is 0.453. The standard InChI is InChI=1S/C14H21ClN2/c1-17(2)13-9-11(5-6-12(13)15)14(10-16)7-3-4-8-14/h5-6,9H,3-4,7-8,10,16H2,1-2H3. The van der Waals surface area contributed by atoms with Crippen molar-refractivity contribution in [3.8, 4) is 0 Å². The van der Waals surface area contributed by atoms with Crippen LogP contribution in [0.25, 0.3) is 0 Å². The van der Waals surface area contributed by atoms with E-state index in [2.05, 4.69) is 17.0 Å². The summed E-state index contributed by atoms with van der Waals surface area (Å²) in [6, 6.07) is 6.36. The molecule has 2 nitrogen and oxygen atoms in total. The van der Waals surface area contributed by atoms with Crippen LogP contribution in [0, 0.1) is 0 Å². The summed E-state index contributed by atoms with van der Waals surface area (Å²) in [5.74, 6) is 0. The van der Waals surface area contributed by atoms with E-state index in [4.69, 9.17) is 17.3 Å². The molecule has 0 radical (unpaired) electrons. The SMILES string of the molecule is CN(C)c1cc(C2(CN)CCCC2)ccc1Cl. The van der Waals surface area contributed by atoms with Crippen LogP contribution in [0.1, 0.15) is 31.2 Å². The van der Waals surface area contributed by atoms with Crippen LogP contribution in [0.2, 0.25) is 5.02 Å². The number of halogens is 1. The topological polar surface area (TPSA) is 29.3 Å². The van der Waals surface area contributed by atoms with E-state index in [1.165, 1.54) is 31.2 Å². The maximum absolute atomic E-state index is 6.21. The first-order valence-corrected chi connectivity index (χ1v) is 6.64. The first kappa shape index (κ1) is 12.7. The molecule has 1 aromatic rings. The molecule has 17 heavy (non-hydrogen) atoms. The van der Waals surface area contributed by atoms with Gasteiger partial charge in [-0.1, -0.05) is 30.5 Å². The van der Waals surface area contributed by atoms with Gasteiger partial charge in [0.25, 0.3) is 0 Å². The lowest BCUT2D eigenvalue weighted by Gasteiger charge is -2.29. The predicted octanol–water partition coefficient (Wildman–Crippen LogP) is 3.18. The number of benzene rings is 1. The van der Waals surface area contributed by atoms with Crippen molar-refractivity contribution in [3.05, 3.63) is 28.8 Å². The summed E-state index contributed by atoms with van der Waals surface area (Å²) >= 11 is 6.21. The first-order chi connectivity index (χ1) is 8.09. The molecule has 0 atom stereocenters. The molecule has 0 aromatic heterocycles. The van der Waals surface area contributed by atoms with Gasteiger partial charge in [0.2, 0.25) is 0 Å². The van der Waals surface area contributed by atoms with Crippen LogP contribution in [0.4, 0.5) is 5.69 Å². The third kappa shape index (κ3) is 2.29. The van der Waals surface area contributed by atoms with Gasteiger partial charge in [0, 0.05) is 26.1 Å². The van der Waals surface area contributed by atoms with Crippen LogP contribution in [0.3, 0.4) is 0 Å². The Morgan fingerprint density at radius 3 is 2.47 bits per heavy atom. The molecular weight excluding hydrogens is 232 g/mol. The van der Waals surface area contributed by atoms with E-state index < -0.39 is 0 Å². The molecule has 94 valence electrons. The Morgan fingerprint density at radius 1 is 1.29 bits per heavy atom. The molecule has 0 bridgehead atoms. The molecule has 0 aliphatic heterocycles. The van der Waals surface area contributed by atoms with Crippen molar-refractivity contribution in [2.24, 2.45) is 5.73 Å². The van der Waals surface area contributed by atoms with Crippen LogP contribution < -0.4 is 10.6 Å². The Kier molecular flexibility index (Phi) is 3.64. The zero-order valence-electron chi connectivity index (χ0n) is 10.7. The first-order valence-electron chi connectivity index (χ1n) is 6.26. The van der Waals surface area contributed by atoms with Crippen LogP contribution in [0.5, 0.6) is 0 Å². The number of nitrogens with zero attached hydrogens (tertiary/aromatic N) is 1. The summed E-state index contributed by atoms with van der Waals surface area (Å²) in [5, 5.41) is 0.809. The number of nitrogens with two attached hydrogens (primary N) is 1. The van der Waals surface area contributed by atoms with Crippen LogP contribution in [0.15, 0.2) is 18.2 Å². The highest BCUT2D eigenvalue weighted by molar-refractivity contribution is 6.33. The second-order valence-corrected chi connectivity index (χ2v) is 5.66. The Morgan fingerprint density at radius 2 is 1.94 bits per heavy atom. The van der Waals surface area contributed by atoms with Crippen molar-refractivity contribution in [1.29, 1.82) is 0 Å². The average Bonchev–Trinajstić information content (AvgIpc) is 2.79. The minimum Gasteiger partial charge on any atom is -0.376 e. The van der Waals surface area contributed by atoms with Crippen molar-refractivity contribution in [1.82, 2.24) is 0 Å². The molecule has 1 aromatic carbocycles. The Bertz CT molecular complexity index is 395. The van der Waals surface area contributed by atoms with Crippen LogP contribution in [-0.4, -0.2) is 20.6 Å². The molecule has 1 saturated carbocycles. The number of hydrogen-bond donors (Lipinski definition) is 1. The summed E-state index contributed by atoms with van der Waals surface area (Å²) in [6.45, 7) is 0.738. The molecule has 0 amide bonds. The fraction of sp³-hybridized carbons (Fsp3) is 0.571. The number of anilines is 1. The molecule has 1 aliphatic carbocycles. The van der Waals surface area contributed by atoms with Gasteiger partial charge in [-0.2, -0.15) is 0 Å². The normalized spacial score (nSPS) is 18.4. The zero-order valence-corrected chi connectivity index (χ0v) is 11.4. The molecule has 1 aliphatic rings. The van der Waals surface area contributed by atoms with Gasteiger partial charge in [-0.25, -0.2) is 0 Å². The minimum absolute atomic E-state index is 0.190. The largest absolute Gasteiger partial charge is 0.376 e. The highest BCUT2D eigenvalue weighted by Gasteiger charge is 2.34. The van der Waals surface area contributed by atoms with Crippen molar-refractivity contribution >= 4 is 17.3 Å². The fourth-order valence-electron chi connectivity index (χ4n) is 2.85. The van der Waals surface area contributed by atoms with Gasteiger partial charge in [0.1, 0.15) is 0 Å². The molecule has 2 rings (SSSR count). The van der Waals surface area contributed by atoms with E-state index in [9.17, 15) is 0 Å². The number of rotatable bonds is 3. The van der Waals surface area contributed by atoms with E-state index in [0.717, 1.165) is 17.3 Å². The van der Waals surface area contributed by atoms with E-state index in [-0.39, 0.29) is 5.41 Å². The Hall–Kier alpha value is -0.730. The molecule has 0 spiro atoms. The lowest BCUT2D eigenvalue weighted by Crippen LogP contribution is -2.32. The van der Waals surface area contributed by atoms with Crippen molar-refractivity contribution in [2.75, 3.05) is 25.5 Å². The quantitative estimate of drug-likeness (QED) is 0.895. The van der Waals surface area contributed by atoms with Gasteiger partial charge in [0.05, 0.1) is 10.7 Å². The van der Waals surface area contributed by atoms with E-state index in [1.54, 1.807) is 0 Å². The van der Waals surface area contributed by atoms with E-state index in [0.29, 0.717) is 0 Å². The summed E-state index contributed by atoms with van der Waals surface area (Å²) in [6.07, 6.45) is 4.99. The minimum atomic E-state index is 0.190. The molecular formula is C14H21ClN2. The molecule has 0 heterocycles. The second-order valence-electron chi connectivity index (χ2n) is 5.25. The van der Waals surface area contributed by atoms with Crippen molar-refractivity contribution < 1.29 is 0 Å². The monoisotopic (exact) mass is 252 g/mol. The van der Waals surface area contributed by atoms with Gasteiger partial charge in [-0.05, 0) is 30.5 Å². The second kappa shape index (κ2) is 4.87. The van der Waals surface area contributed by atoms with Crippen LogP contribution >= 0.6 is 11.6 Å². The zero-order chi connectivity index (χ0) is 12.5. The van der Waals surface area contributed by atoms with Gasteiger partial charge in [-0.15, -0.1) is 0 Å². The van der Waals surface area contributed by atoms with Gasteiger partial charge in [-0.3, -0.25) is 0 Å². The highest BCUT2D eigenvalue weighted by atomic mass is 35.5. The number of hydrogen-bond acceptors (Lipinski definition) is 2. The van der Waals surface area contributed by atoms with Gasteiger partial charge >= 0.3 is 0 Å². The summed E-state index contributed by atoms with van der Waals surface area (Å²) in [4.78, 5) is 2.06. The molecule has 0 saturated heterocycles. The molecule has 0 unspecified atom stereocenters. The maximum Gasteiger partial charge on any atom is 0.0639 e. The lowest BCUT2D eigenvalue weighted by atomic mass is 9.79. The van der Waals surface area contributed by atoms with Gasteiger partial charge < -0.3 is 10.6 Å². The van der Waals surface area contributed by atoms with Crippen LogP contribution in [-0.2, 0) is 5.41 Å². The third-order valence-corrected chi connectivity index (χ3v) is 4.31. The highest BCUT2D eigenvalue weighted by Crippen LogP contribution is 2.42. The van der Waals surface area contributed by atoms with Gasteiger partial charge in [0.15, 0.2) is 0 Å². The summed E-state index contributed by atoms with van der Waals surface area (Å²) in [5.41, 5.74) is 8.65. The fourth-order valence-corrected chi connectivity index (χ4v) is 3.13. The van der Waals surface area contributed by atoms with E-state index >= 15 is 0 Å². The van der Waals surface area contributed by atoms with Crippen molar-refractivity contribution in [3.63, 3.8) is 0 Å². The molecule has 1 fully saturated rings. The Balaban J connectivity index is 2.41. The Labute approximate surface area is 109 Å². The summed E-state index contributed by atoms with van der Waals surface area (Å²) < 4.78 is 0. The molecule has 2 N–H and O–H groups in total.